The number of carbonyl (C=O) groups excluding carboxylic acids is 1. The van der Waals surface area contributed by atoms with E-state index in [-0.39, 0.29) is 11.9 Å². The Kier molecular flexibility index (Phi) is 4.51. The van der Waals surface area contributed by atoms with Crippen molar-refractivity contribution in [3.05, 3.63) is 58.5 Å². The quantitative estimate of drug-likeness (QED) is 0.739. The fourth-order valence-electron chi connectivity index (χ4n) is 3.45. The standard InChI is InChI=1S/C20H22N4OS/c1-13-5-6-16(14(2)10-13)20(25)21-15-7-8-24(12-15)19-11-17(22-23-19)18-4-3-9-26-18/h3-6,9-11,15H,7-8,12H2,1-2H3,(H,21,25)(H,22,23). The molecule has 1 atom stereocenters. The number of nitrogens with one attached hydrogen (secondary N) is 2. The molecule has 1 amide bonds. The second-order valence-corrected chi connectivity index (χ2v) is 7.79. The van der Waals surface area contributed by atoms with Crippen LogP contribution in [0.4, 0.5) is 5.82 Å². The van der Waals surface area contributed by atoms with Gasteiger partial charge in [0.2, 0.25) is 0 Å². The van der Waals surface area contributed by atoms with E-state index in [0.717, 1.165) is 42.1 Å². The molecule has 2 N–H and O–H groups in total. The Morgan fingerprint density at radius 2 is 2.19 bits per heavy atom. The summed E-state index contributed by atoms with van der Waals surface area (Å²) in [5.41, 5.74) is 3.99. The van der Waals surface area contributed by atoms with E-state index >= 15 is 0 Å². The number of carbonyl (C=O) groups is 1. The summed E-state index contributed by atoms with van der Waals surface area (Å²) in [4.78, 5) is 16.0. The molecule has 1 unspecified atom stereocenters. The summed E-state index contributed by atoms with van der Waals surface area (Å²) in [5, 5.41) is 12.8. The molecule has 26 heavy (non-hydrogen) atoms. The average Bonchev–Trinajstić information content (AvgIpc) is 3.35. The Balaban J connectivity index is 1.40. The van der Waals surface area contributed by atoms with Gasteiger partial charge in [0, 0.05) is 30.8 Å². The Labute approximate surface area is 157 Å². The third kappa shape index (κ3) is 3.37. The molecule has 1 aromatic carbocycles. The van der Waals surface area contributed by atoms with Gasteiger partial charge in [-0.25, -0.2) is 0 Å². The van der Waals surface area contributed by atoms with Gasteiger partial charge in [0.15, 0.2) is 5.82 Å². The maximum Gasteiger partial charge on any atom is 0.251 e. The molecule has 1 fully saturated rings. The number of hydrogen-bond donors (Lipinski definition) is 2. The monoisotopic (exact) mass is 366 g/mol. The van der Waals surface area contributed by atoms with Crippen LogP contribution in [0.5, 0.6) is 0 Å². The summed E-state index contributed by atoms with van der Waals surface area (Å²) in [5.74, 6) is 0.951. The second-order valence-electron chi connectivity index (χ2n) is 6.84. The molecule has 0 saturated carbocycles. The summed E-state index contributed by atoms with van der Waals surface area (Å²) in [6.07, 6.45) is 0.928. The maximum atomic E-state index is 12.6. The van der Waals surface area contributed by atoms with Crippen LogP contribution in [0.15, 0.2) is 41.8 Å². The first-order valence-electron chi connectivity index (χ1n) is 8.82. The molecule has 0 radical (unpaired) electrons. The van der Waals surface area contributed by atoms with Crippen LogP contribution in [-0.4, -0.2) is 35.2 Å². The Morgan fingerprint density at radius 1 is 1.31 bits per heavy atom. The fraction of sp³-hybridized carbons (Fsp3) is 0.300. The highest BCUT2D eigenvalue weighted by atomic mass is 32.1. The van der Waals surface area contributed by atoms with E-state index in [1.54, 1.807) is 11.3 Å². The number of rotatable bonds is 4. The number of aromatic nitrogens is 2. The third-order valence-corrected chi connectivity index (χ3v) is 5.73. The fourth-order valence-corrected chi connectivity index (χ4v) is 4.14. The smallest absolute Gasteiger partial charge is 0.251 e. The normalized spacial score (nSPS) is 16.8. The molecule has 0 bridgehead atoms. The molecular weight excluding hydrogens is 344 g/mol. The highest BCUT2D eigenvalue weighted by Gasteiger charge is 2.26. The highest BCUT2D eigenvalue weighted by Crippen LogP contribution is 2.27. The minimum Gasteiger partial charge on any atom is -0.353 e. The van der Waals surface area contributed by atoms with Crippen molar-refractivity contribution in [2.45, 2.75) is 26.3 Å². The lowest BCUT2D eigenvalue weighted by Crippen LogP contribution is -2.37. The second kappa shape index (κ2) is 6.96. The number of aromatic amines is 1. The first-order chi connectivity index (χ1) is 12.6. The summed E-state index contributed by atoms with van der Waals surface area (Å²) in [7, 11) is 0. The van der Waals surface area contributed by atoms with Gasteiger partial charge in [-0.1, -0.05) is 23.8 Å². The summed E-state index contributed by atoms with van der Waals surface area (Å²) in [6, 6.07) is 12.3. The Hall–Kier alpha value is -2.60. The molecule has 1 saturated heterocycles. The van der Waals surface area contributed by atoms with E-state index in [0.29, 0.717) is 0 Å². The van der Waals surface area contributed by atoms with Crippen LogP contribution in [0, 0.1) is 13.8 Å². The van der Waals surface area contributed by atoms with E-state index in [1.165, 1.54) is 10.4 Å². The van der Waals surface area contributed by atoms with Crippen molar-refractivity contribution in [1.82, 2.24) is 15.5 Å². The van der Waals surface area contributed by atoms with Gasteiger partial charge in [-0.15, -0.1) is 11.3 Å². The van der Waals surface area contributed by atoms with E-state index in [2.05, 4.69) is 37.9 Å². The van der Waals surface area contributed by atoms with Gasteiger partial charge < -0.3 is 10.2 Å². The lowest BCUT2D eigenvalue weighted by molar-refractivity contribution is 0.0940. The summed E-state index contributed by atoms with van der Waals surface area (Å²) in [6.45, 7) is 5.70. The average molecular weight is 366 g/mol. The van der Waals surface area contributed by atoms with E-state index in [9.17, 15) is 4.79 Å². The van der Waals surface area contributed by atoms with E-state index in [1.807, 2.05) is 38.1 Å². The van der Waals surface area contributed by atoms with Gasteiger partial charge in [0.1, 0.15) is 0 Å². The van der Waals surface area contributed by atoms with Crippen LogP contribution in [0.1, 0.15) is 27.9 Å². The predicted molar refractivity (Wildman–Crippen MR) is 106 cm³/mol. The molecule has 134 valence electrons. The number of thiophene rings is 1. The lowest BCUT2D eigenvalue weighted by Gasteiger charge is -2.16. The molecule has 3 heterocycles. The lowest BCUT2D eigenvalue weighted by atomic mass is 10.0. The molecule has 4 rings (SSSR count). The zero-order valence-electron chi connectivity index (χ0n) is 15.0. The van der Waals surface area contributed by atoms with Crippen LogP contribution >= 0.6 is 11.3 Å². The first-order valence-corrected chi connectivity index (χ1v) is 9.70. The molecule has 1 aliphatic heterocycles. The van der Waals surface area contributed by atoms with Crippen LogP contribution in [-0.2, 0) is 0 Å². The van der Waals surface area contributed by atoms with Crippen molar-refractivity contribution >= 4 is 23.1 Å². The molecular formula is C20H22N4OS. The van der Waals surface area contributed by atoms with Gasteiger partial charge in [0.25, 0.3) is 5.91 Å². The zero-order valence-corrected chi connectivity index (χ0v) is 15.8. The number of H-pyrrole nitrogens is 1. The van der Waals surface area contributed by atoms with E-state index in [4.69, 9.17) is 0 Å². The third-order valence-electron chi connectivity index (χ3n) is 4.82. The first kappa shape index (κ1) is 16.8. The molecule has 5 nitrogen and oxygen atoms in total. The van der Waals surface area contributed by atoms with Crippen LogP contribution < -0.4 is 10.2 Å². The summed E-state index contributed by atoms with van der Waals surface area (Å²) < 4.78 is 0. The molecule has 2 aromatic heterocycles. The summed E-state index contributed by atoms with van der Waals surface area (Å²) >= 11 is 1.69. The predicted octanol–water partition coefficient (Wildman–Crippen LogP) is 3.76. The number of aryl methyl sites for hydroxylation is 2. The van der Waals surface area contributed by atoms with Crippen molar-refractivity contribution in [2.24, 2.45) is 0 Å². The maximum absolute atomic E-state index is 12.6. The van der Waals surface area contributed by atoms with E-state index < -0.39 is 0 Å². The van der Waals surface area contributed by atoms with Gasteiger partial charge in [0.05, 0.1) is 10.6 Å². The molecule has 3 aromatic rings. The molecule has 6 heteroatoms. The molecule has 1 aliphatic rings. The highest BCUT2D eigenvalue weighted by molar-refractivity contribution is 7.13. The van der Waals surface area contributed by atoms with Gasteiger partial charge >= 0.3 is 0 Å². The number of anilines is 1. The van der Waals surface area contributed by atoms with Crippen LogP contribution in [0.25, 0.3) is 10.6 Å². The largest absolute Gasteiger partial charge is 0.353 e. The number of nitrogens with zero attached hydrogens (tertiary/aromatic N) is 2. The van der Waals surface area contributed by atoms with Gasteiger partial charge in [-0.05, 0) is 43.3 Å². The number of amides is 1. The number of benzene rings is 1. The van der Waals surface area contributed by atoms with Crippen molar-refractivity contribution in [3.63, 3.8) is 0 Å². The minimum absolute atomic E-state index is 0.00986. The minimum atomic E-state index is 0.00986. The van der Waals surface area contributed by atoms with Crippen molar-refractivity contribution in [1.29, 1.82) is 0 Å². The Morgan fingerprint density at radius 3 is 2.96 bits per heavy atom. The van der Waals surface area contributed by atoms with Crippen LogP contribution in [0.3, 0.4) is 0 Å². The van der Waals surface area contributed by atoms with Crippen molar-refractivity contribution < 1.29 is 4.79 Å². The molecule has 0 spiro atoms. The van der Waals surface area contributed by atoms with Gasteiger partial charge in [-0.3, -0.25) is 9.89 Å². The number of hydrogen-bond acceptors (Lipinski definition) is 4. The Bertz CT molecular complexity index is 916. The van der Waals surface area contributed by atoms with Crippen molar-refractivity contribution in [2.75, 3.05) is 18.0 Å². The van der Waals surface area contributed by atoms with Crippen LogP contribution in [0.2, 0.25) is 0 Å². The van der Waals surface area contributed by atoms with Crippen molar-refractivity contribution in [3.8, 4) is 10.6 Å². The SMILES string of the molecule is Cc1ccc(C(=O)NC2CCN(c3cc(-c4cccs4)[nH]n3)C2)c(C)c1. The zero-order chi connectivity index (χ0) is 18.1. The topological polar surface area (TPSA) is 61.0 Å². The van der Waals surface area contributed by atoms with Gasteiger partial charge in [-0.2, -0.15) is 5.10 Å². The molecule has 0 aliphatic carbocycles.